The van der Waals surface area contributed by atoms with Gasteiger partial charge in [-0.05, 0) is 30.9 Å². The van der Waals surface area contributed by atoms with Gasteiger partial charge >= 0.3 is 11.8 Å². The molecule has 0 fully saturated rings. The first-order valence-corrected chi connectivity index (χ1v) is 11.8. The number of rotatable bonds is 9. The number of anilines is 1. The number of benzene rings is 1. The average molecular weight is 539 g/mol. The summed E-state index contributed by atoms with van der Waals surface area (Å²) in [6.07, 6.45) is 1.30. The van der Waals surface area contributed by atoms with E-state index < -0.39 is 23.2 Å². The van der Waals surface area contributed by atoms with Crippen LogP contribution in [0.25, 0.3) is 5.69 Å². The van der Waals surface area contributed by atoms with Crippen molar-refractivity contribution in [1.82, 2.24) is 25.0 Å². The van der Waals surface area contributed by atoms with Gasteiger partial charge in [-0.25, -0.2) is 14.7 Å². The van der Waals surface area contributed by atoms with E-state index in [2.05, 4.69) is 25.6 Å². The second kappa shape index (κ2) is 11.9. The van der Waals surface area contributed by atoms with Gasteiger partial charge in [0, 0.05) is 11.6 Å². The van der Waals surface area contributed by atoms with E-state index in [1.54, 1.807) is 0 Å². The van der Waals surface area contributed by atoms with Gasteiger partial charge in [0.1, 0.15) is 0 Å². The molecule has 14 heteroatoms. The topological polar surface area (TPSA) is 161 Å². The summed E-state index contributed by atoms with van der Waals surface area (Å²) in [4.78, 5) is 50.5. The molecule has 0 aliphatic heterocycles. The summed E-state index contributed by atoms with van der Waals surface area (Å²) in [5.74, 6) is -0.406. The number of aromatic nitrogens is 5. The number of nitrogens with one attached hydrogen (secondary N) is 3. The maximum absolute atomic E-state index is 12.4. The molecule has 0 saturated heterocycles. The minimum atomic E-state index is -0.915. The van der Waals surface area contributed by atoms with E-state index in [1.165, 1.54) is 18.2 Å². The fourth-order valence-corrected chi connectivity index (χ4v) is 3.56. The molecule has 36 heavy (non-hydrogen) atoms. The third kappa shape index (κ3) is 6.32. The van der Waals surface area contributed by atoms with E-state index in [1.807, 2.05) is 20.8 Å². The fourth-order valence-electron chi connectivity index (χ4n) is 3.01. The summed E-state index contributed by atoms with van der Waals surface area (Å²) in [5, 5.41) is 12.3. The van der Waals surface area contributed by atoms with Gasteiger partial charge in [0.05, 0.1) is 22.3 Å². The highest BCUT2D eigenvalue weighted by Gasteiger charge is 2.18. The van der Waals surface area contributed by atoms with Crippen LogP contribution >= 0.6 is 23.2 Å². The Balaban J connectivity index is 1.92. The van der Waals surface area contributed by atoms with Crippen molar-refractivity contribution in [3.63, 3.8) is 0 Å². The molecule has 3 N–H and O–H groups in total. The van der Waals surface area contributed by atoms with Gasteiger partial charge in [0.2, 0.25) is 11.7 Å². The molecule has 12 nitrogen and oxygen atoms in total. The first-order chi connectivity index (χ1) is 17.1. The van der Waals surface area contributed by atoms with Crippen LogP contribution in [-0.2, 0) is 4.74 Å². The van der Waals surface area contributed by atoms with Crippen LogP contribution in [0.1, 0.15) is 51.5 Å². The van der Waals surface area contributed by atoms with Gasteiger partial charge in [0.15, 0.2) is 5.75 Å². The average Bonchev–Trinajstić information content (AvgIpc) is 2.83. The zero-order valence-electron chi connectivity index (χ0n) is 19.7. The Morgan fingerprint density at radius 1 is 1.14 bits per heavy atom. The van der Waals surface area contributed by atoms with Gasteiger partial charge in [-0.1, -0.05) is 50.4 Å². The number of hydrogen-bond donors (Lipinski definition) is 3. The monoisotopic (exact) mass is 538 g/mol. The molecular weight excluding hydrogens is 515 g/mol. The van der Waals surface area contributed by atoms with Crippen LogP contribution in [0.2, 0.25) is 10.0 Å². The normalized spacial score (nSPS) is 11.7. The quantitative estimate of drug-likeness (QED) is 0.344. The van der Waals surface area contributed by atoms with E-state index >= 15 is 0 Å². The van der Waals surface area contributed by atoms with Crippen LogP contribution in [0.15, 0.2) is 32.6 Å². The molecule has 0 saturated carbocycles. The number of amides is 1. The highest BCUT2D eigenvalue weighted by atomic mass is 35.5. The van der Waals surface area contributed by atoms with Crippen LogP contribution in [-0.4, -0.2) is 37.7 Å². The lowest BCUT2D eigenvalue weighted by atomic mass is 10.0. The summed E-state index contributed by atoms with van der Waals surface area (Å²) in [6, 6.07) is 4.14. The second-order valence-electron chi connectivity index (χ2n) is 7.77. The van der Waals surface area contributed by atoms with Gasteiger partial charge in [0.25, 0.3) is 11.1 Å². The molecule has 3 rings (SSSR count). The number of halogens is 2. The Hall–Kier alpha value is -3.64. The summed E-state index contributed by atoms with van der Waals surface area (Å²) in [7, 11) is 0. The number of ether oxygens (including phenoxy) is 2. The third-order valence-corrected chi connectivity index (χ3v) is 5.73. The van der Waals surface area contributed by atoms with Gasteiger partial charge < -0.3 is 9.47 Å². The molecule has 1 unspecified atom stereocenters. The minimum Gasteiger partial charge on any atom is -0.449 e. The van der Waals surface area contributed by atoms with Crippen molar-refractivity contribution in [2.75, 3.05) is 11.9 Å². The van der Waals surface area contributed by atoms with Crippen LogP contribution in [0, 0.1) is 0 Å². The number of hydrogen-bond acceptors (Lipinski definition) is 8. The Bertz CT molecular complexity index is 1410. The lowest BCUT2D eigenvalue weighted by Gasteiger charge is -2.13. The number of carbonyl (C=O) groups is 1. The zero-order chi connectivity index (χ0) is 26.4. The molecule has 1 amide bonds. The summed E-state index contributed by atoms with van der Waals surface area (Å²) < 4.78 is 11.5. The Labute approximate surface area is 214 Å². The predicted octanol–water partition coefficient (Wildman–Crippen LogP) is 3.97. The molecule has 0 bridgehead atoms. The van der Waals surface area contributed by atoms with E-state index in [0.29, 0.717) is 12.0 Å². The first-order valence-electron chi connectivity index (χ1n) is 11.1. The van der Waals surface area contributed by atoms with Crippen molar-refractivity contribution in [2.24, 2.45) is 0 Å². The lowest BCUT2D eigenvalue weighted by Crippen LogP contribution is -2.34. The van der Waals surface area contributed by atoms with Crippen LogP contribution < -0.4 is 26.9 Å². The molecule has 0 radical (unpaired) electrons. The Morgan fingerprint density at radius 3 is 2.47 bits per heavy atom. The molecule has 1 aromatic carbocycles. The van der Waals surface area contributed by atoms with E-state index in [4.69, 9.17) is 32.7 Å². The second-order valence-corrected chi connectivity index (χ2v) is 8.59. The number of H-pyrrole nitrogens is 2. The number of unbranched alkanes of at least 4 members (excludes halogenated alkanes) is 1. The highest BCUT2D eigenvalue weighted by Crippen LogP contribution is 2.37. The maximum Gasteiger partial charge on any atom is 0.413 e. The van der Waals surface area contributed by atoms with Crippen LogP contribution in [0.3, 0.4) is 0 Å². The number of nitrogens with zero attached hydrogens (tertiary/aromatic N) is 3. The summed E-state index contributed by atoms with van der Waals surface area (Å²) >= 11 is 12.7. The molecule has 0 spiro atoms. The van der Waals surface area contributed by atoms with Crippen molar-refractivity contribution >= 4 is 35.1 Å². The molecule has 0 aliphatic rings. The minimum absolute atomic E-state index is 0.0102. The predicted molar refractivity (Wildman–Crippen MR) is 134 cm³/mol. The Morgan fingerprint density at radius 2 is 1.83 bits per heavy atom. The van der Waals surface area contributed by atoms with E-state index in [9.17, 15) is 19.2 Å². The van der Waals surface area contributed by atoms with E-state index in [-0.39, 0.29) is 45.4 Å². The van der Waals surface area contributed by atoms with E-state index in [0.717, 1.165) is 17.5 Å². The smallest absolute Gasteiger partial charge is 0.413 e. The van der Waals surface area contributed by atoms with Gasteiger partial charge in [-0.2, -0.15) is 4.68 Å². The Kier molecular flexibility index (Phi) is 8.88. The molecular formula is C22H24Cl2N6O6. The highest BCUT2D eigenvalue weighted by molar-refractivity contribution is 6.37. The van der Waals surface area contributed by atoms with Crippen molar-refractivity contribution in [1.29, 1.82) is 0 Å². The summed E-state index contributed by atoms with van der Waals surface area (Å²) in [6.45, 7) is 5.93. The summed E-state index contributed by atoms with van der Waals surface area (Å²) in [5.41, 5.74) is -1.57. The molecule has 0 aliphatic carbocycles. The fraction of sp³-hybridized carbons (Fsp3) is 0.364. The van der Waals surface area contributed by atoms with Crippen molar-refractivity contribution in [3.8, 4) is 17.3 Å². The van der Waals surface area contributed by atoms with Crippen molar-refractivity contribution in [3.05, 3.63) is 65.0 Å². The van der Waals surface area contributed by atoms with Gasteiger partial charge in [-0.15, -0.1) is 10.2 Å². The molecule has 1 atom stereocenters. The van der Waals surface area contributed by atoms with Crippen LogP contribution in [0.5, 0.6) is 11.6 Å². The van der Waals surface area contributed by atoms with Crippen molar-refractivity contribution in [2.45, 2.75) is 46.0 Å². The molecule has 2 heterocycles. The molecule has 3 aromatic rings. The zero-order valence-corrected chi connectivity index (χ0v) is 21.2. The van der Waals surface area contributed by atoms with Crippen molar-refractivity contribution < 1.29 is 14.3 Å². The SMILES string of the molecule is CCCCOC(=O)Nc1nn(-c2cc(Cl)c(Oc3cc(C(C)CC)c(=O)[nH]n3)c(Cl)c2)c(=O)[nH]c1=O. The standard InChI is InChI=1S/C22H24Cl2N6O6/c1-4-6-7-35-22(34)25-18-20(32)26-21(33)30(29-18)12-8-14(23)17(15(24)9-12)36-16-10-13(11(3)5-2)19(31)28-27-16/h8-11H,4-7H2,1-3H3,(H,28,31)(H,25,29,34)(H,26,32,33). The van der Waals surface area contributed by atoms with Crippen LogP contribution in [0.4, 0.5) is 10.6 Å². The molecule has 192 valence electrons. The lowest BCUT2D eigenvalue weighted by molar-refractivity contribution is 0.159. The number of carbonyl (C=O) groups excluding carboxylic acids is 1. The van der Waals surface area contributed by atoms with Gasteiger partial charge in [-0.3, -0.25) is 19.9 Å². The number of aromatic amines is 2. The first kappa shape index (κ1) is 27.0. The third-order valence-electron chi connectivity index (χ3n) is 5.17. The largest absolute Gasteiger partial charge is 0.449 e. The molecule has 2 aromatic heterocycles. The maximum atomic E-state index is 12.4.